The Bertz CT molecular complexity index is 197. The Morgan fingerprint density at radius 1 is 1.17 bits per heavy atom. The van der Waals surface area contributed by atoms with Gasteiger partial charge in [-0.25, -0.2) is 0 Å². The van der Waals surface area contributed by atoms with Crippen LogP contribution in [0.1, 0.15) is 51.9 Å². The van der Waals surface area contributed by atoms with Crippen LogP contribution in [-0.4, -0.2) is 49.8 Å². The van der Waals surface area contributed by atoms with Gasteiger partial charge in [0.25, 0.3) is 0 Å². The molecule has 1 fully saturated rings. The Morgan fingerprint density at radius 3 is 2.44 bits per heavy atom. The molecule has 3 nitrogen and oxygen atoms in total. The van der Waals surface area contributed by atoms with Crippen molar-refractivity contribution in [1.82, 2.24) is 10.2 Å². The quantitative estimate of drug-likeness (QED) is 0.664. The summed E-state index contributed by atoms with van der Waals surface area (Å²) in [5, 5.41) is 12.6. The van der Waals surface area contributed by atoms with Gasteiger partial charge in [-0.2, -0.15) is 0 Å². The Kier molecular flexibility index (Phi) is 7.87. The lowest BCUT2D eigenvalue weighted by atomic mass is 9.73. The van der Waals surface area contributed by atoms with Crippen molar-refractivity contribution in [2.45, 2.75) is 51.9 Å². The van der Waals surface area contributed by atoms with Crippen LogP contribution < -0.4 is 5.32 Å². The van der Waals surface area contributed by atoms with Crippen molar-refractivity contribution in [1.29, 1.82) is 0 Å². The second-order valence-electron chi connectivity index (χ2n) is 5.94. The van der Waals surface area contributed by atoms with E-state index in [0.717, 1.165) is 26.2 Å². The van der Waals surface area contributed by atoms with Gasteiger partial charge in [-0.3, -0.25) is 0 Å². The number of unbranched alkanes of at least 4 members (excludes halogenated alkanes) is 1. The average Bonchev–Trinajstić information content (AvgIpc) is 2.37. The van der Waals surface area contributed by atoms with Gasteiger partial charge in [0.2, 0.25) is 0 Å². The summed E-state index contributed by atoms with van der Waals surface area (Å²) in [5.41, 5.74) is 0.454. The first kappa shape index (κ1) is 15.9. The fraction of sp³-hybridized carbons (Fsp3) is 1.00. The van der Waals surface area contributed by atoms with Gasteiger partial charge in [-0.05, 0) is 38.3 Å². The molecule has 18 heavy (non-hydrogen) atoms. The second kappa shape index (κ2) is 8.89. The fourth-order valence-electron chi connectivity index (χ4n) is 3.33. The summed E-state index contributed by atoms with van der Waals surface area (Å²) >= 11 is 0. The van der Waals surface area contributed by atoms with Crippen LogP contribution in [0.25, 0.3) is 0 Å². The summed E-state index contributed by atoms with van der Waals surface area (Å²) in [4.78, 5) is 2.48. The lowest BCUT2D eigenvalue weighted by Crippen LogP contribution is -2.45. The molecule has 0 aromatic rings. The first-order chi connectivity index (χ1) is 8.76. The molecule has 1 aliphatic rings. The van der Waals surface area contributed by atoms with E-state index in [1.165, 1.54) is 44.9 Å². The van der Waals surface area contributed by atoms with Crippen molar-refractivity contribution in [3.63, 3.8) is 0 Å². The largest absolute Gasteiger partial charge is 0.395 e. The van der Waals surface area contributed by atoms with Crippen LogP contribution in [0.5, 0.6) is 0 Å². The molecule has 0 atom stereocenters. The molecule has 3 heteroatoms. The average molecular weight is 256 g/mol. The molecule has 0 aromatic carbocycles. The number of nitrogens with zero attached hydrogens (tertiary/aromatic N) is 1. The van der Waals surface area contributed by atoms with E-state index < -0.39 is 0 Å². The molecule has 2 N–H and O–H groups in total. The van der Waals surface area contributed by atoms with E-state index in [-0.39, 0.29) is 0 Å². The van der Waals surface area contributed by atoms with Crippen molar-refractivity contribution in [2.24, 2.45) is 5.41 Å². The summed E-state index contributed by atoms with van der Waals surface area (Å²) < 4.78 is 0. The van der Waals surface area contributed by atoms with Crippen LogP contribution in [-0.2, 0) is 0 Å². The SMILES string of the molecule is CCCCN(CCO)CC1(CNC)CCCCC1. The van der Waals surface area contributed by atoms with Gasteiger partial charge >= 0.3 is 0 Å². The molecule has 0 bridgehead atoms. The molecular weight excluding hydrogens is 224 g/mol. The predicted molar refractivity (Wildman–Crippen MR) is 77.9 cm³/mol. The molecule has 0 unspecified atom stereocenters. The first-order valence-electron chi connectivity index (χ1n) is 7.74. The molecule has 0 saturated heterocycles. The predicted octanol–water partition coefficient (Wildman–Crippen LogP) is 2.25. The van der Waals surface area contributed by atoms with Crippen molar-refractivity contribution >= 4 is 0 Å². The van der Waals surface area contributed by atoms with Gasteiger partial charge in [0.1, 0.15) is 0 Å². The summed E-state index contributed by atoms with van der Waals surface area (Å²) in [5.74, 6) is 0. The van der Waals surface area contributed by atoms with Crippen molar-refractivity contribution in [3.8, 4) is 0 Å². The standard InChI is InChI=1S/C15H32N2O/c1-3-4-10-17(11-12-18)14-15(13-16-2)8-6-5-7-9-15/h16,18H,3-14H2,1-2H3. The number of hydrogen-bond donors (Lipinski definition) is 2. The molecule has 0 aromatic heterocycles. The maximum absolute atomic E-state index is 9.22. The monoisotopic (exact) mass is 256 g/mol. The lowest BCUT2D eigenvalue weighted by molar-refractivity contribution is 0.0894. The lowest BCUT2D eigenvalue weighted by Gasteiger charge is -2.41. The molecule has 0 aliphatic heterocycles. The fourth-order valence-corrected chi connectivity index (χ4v) is 3.33. The van der Waals surface area contributed by atoms with Crippen LogP contribution >= 0.6 is 0 Å². The molecule has 0 spiro atoms. The van der Waals surface area contributed by atoms with E-state index in [0.29, 0.717) is 12.0 Å². The molecule has 0 heterocycles. The van der Waals surface area contributed by atoms with Gasteiger partial charge < -0.3 is 15.3 Å². The van der Waals surface area contributed by atoms with Crippen molar-refractivity contribution < 1.29 is 5.11 Å². The normalized spacial score (nSPS) is 19.3. The Labute approximate surface area is 113 Å². The molecular formula is C15H32N2O. The highest BCUT2D eigenvalue weighted by Crippen LogP contribution is 2.36. The molecule has 0 amide bonds. The number of aliphatic hydroxyl groups is 1. The smallest absolute Gasteiger partial charge is 0.0558 e. The Hall–Kier alpha value is -0.120. The van der Waals surface area contributed by atoms with E-state index in [1.54, 1.807) is 0 Å². The minimum absolute atomic E-state index is 0.291. The first-order valence-corrected chi connectivity index (χ1v) is 7.74. The Balaban J connectivity index is 2.54. The van der Waals surface area contributed by atoms with E-state index in [4.69, 9.17) is 0 Å². The number of hydrogen-bond acceptors (Lipinski definition) is 3. The van der Waals surface area contributed by atoms with Gasteiger partial charge in [0.05, 0.1) is 6.61 Å². The molecule has 1 rings (SSSR count). The zero-order chi connectivity index (χ0) is 13.3. The van der Waals surface area contributed by atoms with Gasteiger partial charge in [-0.15, -0.1) is 0 Å². The number of nitrogens with one attached hydrogen (secondary N) is 1. The third kappa shape index (κ3) is 5.25. The second-order valence-corrected chi connectivity index (χ2v) is 5.94. The van der Waals surface area contributed by atoms with Gasteiger partial charge in [-0.1, -0.05) is 32.6 Å². The third-order valence-electron chi connectivity index (χ3n) is 4.27. The summed E-state index contributed by atoms with van der Waals surface area (Å²) in [6.07, 6.45) is 9.34. The minimum atomic E-state index is 0.291. The Morgan fingerprint density at radius 2 is 1.89 bits per heavy atom. The van der Waals surface area contributed by atoms with Crippen LogP contribution in [0.4, 0.5) is 0 Å². The third-order valence-corrected chi connectivity index (χ3v) is 4.27. The van der Waals surface area contributed by atoms with E-state index in [1.807, 2.05) is 0 Å². The van der Waals surface area contributed by atoms with Crippen LogP contribution in [0.3, 0.4) is 0 Å². The molecule has 1 aliphatic carbocycles. The van der Waals surface area contributed by atoms with E-state index in [2.05, 4.69) is 24.2 Å². The van der Waals surface area contributed by atoms with Crippen LogP contribution in [0, 0.1) is 5.41 Å². The highest BCUT2D eigenvalue weighted by molar-refractivity contribution is 4.87. The zero-order valence-electron chi connectivity index (χ0n) is 12.4. The molecule has 0 radical (unpaired) electrons. The summed E-state index contributed by atoms with van der Waals surface area (Å²) in [6, 6.07) is 0. The number of aliphatic hydroxyl groups excluding tert-OH is 1. The van der Waals surface area contributed by atoms with Gasteiger partial charge in [0, 0.05) is 19.6 Å². The highest BCUT2D eigenvalue weighted by atomic mass is 16.3. The summed E-state index contributed by atoms with van der Waals surface area (Å²) in [7, 11) is 2.07. The summed E-state index contributed by atoms with van der Waals surface area (Å²) in [6.45, 7) is 6.80. The van der Waals surface area contributed by atoms with Gasteiger partial charge in [0.15, 0.2) is 0 Å². The zero-order valence-corrected chi connectivity index (χ0v) is 12.4. The van der Waals surface area contributed by atoms with Crippen LogP contribution in [0.15, 0.2) is 0 Å². The van der Waals surface area contributed by atoms with E-state index in [9.17, 15) is 5.11 Å². The van der Waals surface area contributed by atoms with E-state index >= 15 is 0 Å². The topological polar surface area (TPSA) is 35.5 Å². The highest BCUT2D eigenvalue weighted by Gasteiger charge is 2.32. The van der Waals surface area contributed by atoms with Crippen molar-refractivity contribution in [2.75, 3.05) is 39.8 Å². The molecule has 108 valence electrons. The maximum atomic E-state index is 9.22. The maximum Gasteiger partial charge on any atom is 0.0558 e. The van der Waals surface area contributed by atoms with Crippen LogP contribution in [0.2, 0.25) is 0 Å². The minimum Gasteiger partial charge on any atom is -0.395 e. The number of rotatable bonds is 9. The van der Waals surface area contributed by atoms with Crippen molar-refractivity contribution in [3.05, 3.63) is 0 Å². The molecule has 1 saturated carbocycles.